The Morgan fingerprint density at radius 3 is 2.68 bits per heavy atom. The van der Waals surface area contributed by atoms with Crippen LogP contribution in [0.25, 0.3) is 0 Å². The van der Waals surface area contributed by atoms with Crippen LogP contribution in [0.3, 0.4) is 0 Å². The van der Waals surface area contributed by atoms with Gasteiger partial charge in [-0.2, -0.15) is 4.31 Å². The predicted molar refractivity (Wildman–Crippen MR) is 77.5 cm³/mol. The summed E-state index contributed by atoms with van der Waals surface area (Å²) in [7, 11) is -3.21. The molecule has 0 saturated carbocycles. The summed E-state index contributed by atoms with van der Waals surface area (Å²) in [4.78, 5) is 0. The maximum absolute atomic E-state index is 12.5. The third kappa shape index (κ3) is 3.16. The Morgan fingerprint density at radius 2 is 2.00 bits per heavy atom. The van der Waals surface area contributed by atoms with Crippen LogP contribution in [-0.2, 0) is 23.0 Å². The Morgan fingerprint density at radius 1 is 1.32 bits per heavy atom. The molecule has 1 heterocycles. The van der Waals surface area contributed by atoms with E-state index in [1.165, 1.54) is 5.56 Å². The fraction of sp³-hybridized carbons (Fsp3) is 0.571. The minimum absolute atomic E-state index is 0.377. The van der Waals surface area contributed by atoms with Crippen LogP contribution in [0.5, 0.6) is 0 Å². The molecule has 0 bridgehead atoms. The van der Waals surface area contributed by atoms with E-state index in [4.69, 9.17) is 0 Å². The van der Waals surface area contributed by atoms with E-state index in [1.807, 2.05) is 25.1 Å². The Balaban J connectivity index is 2.11. The zero-order chi connectivity index (χ0) is 13.9. The lowest BCUT2D eigenvalue weighted by Crippen LogP contribution is -2.44. The largest absolute Gasteiger partial charge is 0.316 e. The highest BCUT2D eigenvalue weighted by molar-refractivity contribution is 7.89. The lowest BCUT2D eigenvalue weighted by molar-refractivity contribution is 0.384. The van der Waals surface area contributed by atoms with E-state index in [0.29, 0.717) is 19.6 Å². The first-order valence-corrected chi connectivity index (χ1v) is 8.32. The lowest BCUT2D eigenvalue weighted by Gasteiger charge is -2.30. The van der Waals surface area contributed by atoms with E-state index in [0.717, 1.165) is 18.5 Å². The lowest BCUT2D eigenvalue weighted by atomic mass is 10.0. The number of benzene rings is 1. The van der Waals surface area contributed by atoms with Gasteiger partial charge in [0.2, 0.25) is 10.0 Å². The van der Waals surface area contributed by atoms with Gasteiger partial charge in [-0.15, -0.1) is 0 Å². The van der Waals surface area contributed by atoms with Crippen molar-refractivity contribution in [3.05, 3.63) is 35.4 Å². The predicted octanol–water partition coefficient (Wildman–Crippen LogP) is 1.37. The quantitative estimate of drug-likeness (QED) is 0.887. The maximum atomic E-state index is 12.5. The normalized spacial score (nSPS) is 18.0. The highest BCUT2D eigenvalue weighted by Gasteiger charge is 2.30. The zero-order valence-corrected chi connectivity index (χ0v) is 12.4. The molecule has 1 aromatic carbocycles. The van der Waals surface area contributed by atoms with Crippen LogP contribution in [0.2, 0.25) is 0 Å². The number of rotatable bonds is 5. The fourth-order valence-corrected chi connectivity index (χ4v) is 3.90. The van der Waals surface area contributed by atoms with Gasteiger partial charge in [0.15, 0.2) is 0 Å². The first-order valence-electron chi connectivity index (χ1n) is 6.82. The molecule has 0 fully saturated rings. The molecule has 0 spiro atoms. The molecule has 0 amide bonds. The summed E-state index contributed by atoms with van der Waals surface area (Å²) in [6, 6.07) is 8.08. The molecule has 0 aliphatic carbocycles. The van der Waals surface area contributed by atoms with Crippen LogP contribution in [0.1, 0.15) is 25.0 Å². The van der Waals surface area contributed by atoms with Gasteiger partial charge in [-0.1, -0.05) is 31.2 Å². The van der Waals surface area contributed by atoms with Crippen molar-refractivity contribution in [1.29, 1.82) is 0 Å². The molecule has 4 nitrogen and oxygen atoms in total. The maximum Gasteiger partial charge on any atom is 0.218 e. The van der Waals surface area contributed by atoms with E-state index >= 15 is 0 Å². The molecule has 0 radical (unpaired) electrons. The molecule has 1 atom stereocenters. The third-order valence-electron chi connectivity index (χ3n) is 3.65. The second-order valence-corrected chi connectivity index (χ2v) is 7.37. The number of nitrogens with zero attached hydrogens (tertiary/aromatic N) is 1. The highest BCUT2D eigenvalue weighted by Crippen LogP contribution is 2.22. The summed E-state index contributed by atoms with van der Waals surface area (Å²) in [5.74, 6) is 0. The van der Waals surface area contributed by atoms with Gasteiger partial charge in [0.05, 0.1) is 5.25 Å². The molecule has 1 aliphatic heterocycles. The second-order valence-electron chi connectivity index (χ2n) is 5.02. The second kappa shape index (κ2) is 6.03. The first-order chi connectivity index (χ1) is 9.05. The van der Waals surface area contributed by atoms with E-state index in [9.17, 15) is 8.42 Å². The van der Waals surface area contributed by atoms with Gasteiger partial charge >= 0.3 is 0 Å². The van der Waals surface area contributed by atoms with Gasteiger partial charge in [-0.05, 0) is 31.0 Å². The van der Waals surface area contributed by atoms with Crippen LogP contribution in [0.4, 0.5) is 0 Å². The molecule has 1 aromatic rings. The van der Waals surface area contributed by atoms with Crippen molar-refractivity contribution >= 4 is 10.0 Å². The topological polar surface area (TPSA) is 49.4 Å². The van der Waals surface area contributed by atoms with Crippen LogP contribution in [-0.4, -0.2) is 37.6 Å². The average Bonchev–Trinajstić information content (AvgIpc) is 2.44. The van der Waals surface area contributed by atoms with Crippen LogP contribution < -0.4 is 5.32 Å². The van der Waals surface area contributed by atoms with Gasteiger partial charge in [-0.25, -0.2) is 8.42 Å². The van der Waals surface area contributed by atoms with Crippen LogP contribution in [0, 0.1) is 0 Å². The van der Waals surface area contributed by atoms with Crippen molar-refractivity contribution in [2.75, 3.05) is 19.6 Å². The Kier molecular flexibility index (Phi) is 4.60. The molecule has 1 aliphatic rings. The van der Waals surface area contributed by atoms with Crippen molar-refractivity contribution in [3.63, 3.8) is 0 Å². The summed E-state index contributed by atoms with van der Waals surface area (Å²) < 4.78 is 26.6. The molecule has 19 heavy (non-hydrogen) atoms. The Labute approximate surface area is 115 Å². The summed E-state index contributed by atoms with van der Waals surface area (Å²) in [5.41, 5.74) is 2.40. The molecule has 2 rings (SSSR count). The molecule has 0 aromatic heterocycles. The molecular formula is C14H22N2O2S. The molecular weight excluding hydrogens is 260 g/mol. The van der Waals surface area contributed by atoms with Crippen molar-refractivity contribution in [1.82, 2.24) is 9.62 Å². The fourth-order valence-electron chi connectivity index (χ4n) is 2.39. The van der Waals surface area contributed by atoms with Gasteiger partial charge in [0.1, 0.15) is 0 Å². The van der Waals surface area contributed by atoms with Crippen molar-refractivity contribution in [2.45, 2.75) is 32.1 Å². The van der Waals surface area contributed by atoms with Crippen LogP contribution >= 0.6 is 0 Å². The van der Waals surface area contributed by atoms with E-state index in [1.54, 1.807) is 11.2 Å². The minimum atomic E-state index is -3.21. The Bertz CT molecular complexity index is 528. The first kappa shape index (κ1) is 14.5. The van der Waals surface area contributed by atoms with E-state index < -0.39 is 10.0 Å². The van der Waals surface area contributed by atoms with Crippen molar-refractivity contribution < 1.29 is 8.42 Å². The molecule has 1 N–H and O–H groups in total. The number of nitrogens with one attached hydrogen (secondary N) is 1. The molecule has 1 unspecified atom stereocenters. The molecule has 0 saturated heterocycles. The Hall–Kier alpha value is -0.910. The summed E-state index contributed by atoms with van der Waals surface area (Å²) in [6.45, 7) is 6.17. The van der Waals surface area contributed by atoms with Crippen molar-refractivity contribution in [2.24, 2.45) is 0 Å². The van der Waals surface area contributed by atoms with Crippen LogP contribution in [0.15, 0.2) is 24.3 Å². The summed E-state index contributed by atoms with van der Waals surface area (Å²) >= 11 is 0. The average molecular weight is 282 g/mol. The van der Waals surface area contributed by atoms with Gasteiger partial charge in [-0.3, -0.25) is 0 Å². The summed E-state index contributed by atoms with van der Waals surface area (Å²) in [6.07, 6.45) is 0.809. The molecule has 106 valence electrons. The molecule has 5 heteroatoms. The third-order valence-corrected chi connectivity index (χ3v) is 5.86. The number of hydrogen-bond donors (Lipinski definition) is 1. The van der Waals surface area contributed by atoms with Gasteiger partial charge in [0.25, 0.3) is 0 Å². The van der Waals surface area contributed by atoms with E-state index in [2.05, 4.69) is 11.4 Å². The van der Waals surface area contributed by atoms with Gasteiger partial charge < -0.3 is 5.32 Å². The standard InChI is InChI=1S/C14H22N2O2S/c1-3-15-10-12(2)19(17,18)16-9-8-13-6-4-5-7-14(13)11-16/h4-7,12,15H,3,8-11H2,1-2H3. The van der Waals surface area contributed by atoms with Gasteiger partial charge in [0, 0.05) is 19.6 Å². The highest BCUT2D eigenvalue weighted by atomic mass is 32.2. The summed E-state index contributed by atoms with van der Waals surface area (Å²) in [5, 5.41) is 2.73. The monoisotopic (exact) mass is 282 g/mol. The van der Waals surface area contributed by atoms with Crippen molar-refractivity contribution in [3.8, 4) is 0 Å². The SMILES string of the molecule is CCNCC(C)S(=O)(=O)N1CCc2ccccc2C1. The number of sulfonamides is 1. The number of fused-ring (bicyclic) bond motifs is 1. The number of hydrogen-bond acceptors (Lipinski definition) is 3. The minimum Gasteiger partial charge on any atom is -0.316 e. The van der Waals surface area contributed by atoms with E-state index in [-0.39, 0.29) is 5.25 Å². The smallest absolute Gasteiger partial charge is 0.218 e. The zero-order valence-electron chi connectivity index (χ0n) is 11.6.